The van der Waals surface area contributed by atoms with Gasteiger partial charge in [0.05, 0.1) is 11.3 Å². The summed E-state index contributed by atoms with van der Waals surface area (Å²) in [5.41, 5.74) is 3.71. The standard InChI is InChI=1S/C21H18N2O/c24-20-6-2-1-5-18(20)13-10-16-8-11-17(12-9-16)19-15-23-14-4-3-7-21(23)22-19/h1-2,5-6,8-9,11-12,15,24H,3-4,7,14H2. The van der Waals surface area contributed by atoms with Crippen molar-refractivity contribution in [2.75, 3.05) is 0 Å². The summed E-state index contributed by atoms with van der Waals surface area (Å²) in [4.78, 5) is 4.75. The number of nitrogens with zero attached hydrogens (tertiary/aromatic N) is 2. The van der Waals surface area contributed by atoms with E-state index >= 15 is 0 Å². The third-order valence-corrected chi connectivity index (χ3v) is 4.33. The highest BCUT2D eigenvalue weighted by Gasteiger charge is 2.12. The third-order valence-electron chi connectivity index (χ3n) is 4.33. The van der Waals surface area contributed by atoms with Gasteiger partial charge in [-0.1, -0.05) is 36.1 Å². The summed E-state index contributed by atoms with van der Waals surface area (Å²) >= 11 is 0. The van der Waals surface area contributed by atoms with Crippen LogP contribution in [-0.2, 0) is 13.0 Å². The smallest absolute Gasteiger partial charge is 0.131 e. The second-order valence-corrected chi connectivity index (χ2v) is 6.04. The Labute approximate surface area is 141 Å². The minimum absolute atomic E-state index is 0.213. The fourth-order valence-electron chi connectivity index (χ4n) is 2.99. The Kier molecular flexibility index (Phi) is 3.80. The Morgan fingerprint density at radius 1 is 0.958 bits per heavy atom. The highest BCUT2D eigenvalue weighted by molar-refractivity contribution is 5.60. The lowest BCUT2D eigenvalue weighted by Gasteiger charge is -2.11. The van der Waals surface area contributed by atoms with Crippen LogP contribution in [0.2, 0.25) is 0 Å². The Balaban J connectivity index is 1.57. The molecule has 1 N–H and O–H groups in total. The zero-order valence-electron chi connectivity index (χ0n) is 13.4. The van der Waals surface area contributed by atoms with Crippen molar-refractivity contribution in [3.63, 3.8) is 0 Å². The van der Waals surface area contributed by atoms with E-state index in [1.54, 1.807) is 12.1 Å². The molecule has 1 aliphatic rings. The average Bonchev–Trinajstić information content (AvgIpc) is 3.06. The fourth-order valence-corrected chi connectivity index (χ4v) is 2.99. The molecule has 0 fully saturated rings. The molecule has 0 atom stereocenters. The van der Waals surface area contributed by atoms with Gasteiger partial charge in [-0.25, -0.2) is 4.98 Å². The van der Waals surface area contributed by atoms with Gasteiger partial charge in [0.2, 0.25) is 0 Å². The Morgan fingerprint density at radius 3 is 2.58 bits per heavy atom. The molecule has 0 aliphatic carbocycles. The summed E-state index contributed by atoms with van der Waals surface area (Å²) in [6.07, 6.45) is 5.70. The number of aromatic nitrogens is 2. The van der Waals surface area contributed by atoms with E-state index in [4.69, 9.17) is 4.98 Å². The molecule has 4 rings (SSSR count). The lowest BCUT2D eigenvalue weighted by atomic mass is 10.1. The van der Waals surface area contributed by atoms with Gasteiger partial charge in [0.15, 0.2) is 0 Å². The van der Waals surface area contributed by atoms with Crippen molar-refractivity contribution in [2.45, 2.75) is 25.8 Å². The number of imidazole rings is 1. The predicted octanol–water partition coefficient (Wildman–Crippen LogP) is 3.99. The number of benzene rings is 2. The van der Waals surface area contributed by atoms with Gasteiger partial charge in [0, 0.05) is 30.3 Å². The molecule has 2 heterocycles. The van der Waals surface area contributed by atoms with Crippen molar-refractivity contribution >= 4 is 0 Å². The normalized spacial score (nSPS) is 13.0. The highest BCUT2D eigenvalue weighted by atomic mass is 16.3. The van der Waals surface area contributed by atoms with Crippen molar-refractivity contribution in [3.8, 4) is 28.8 Å². The van der Waals surface area contributed by atoms with Gasteiger partial charge in [-0.15, -0.1) is 0 Å². The quantitative estimate of drug-likeness (QED) is 0.690. The number of hydrogen-bond acceptors (Lipinski definition) is 2. The lowest BCUT2D eigenvalue weighted by molar-refractivity contribution is 0.473. The van der Waals surface area contributed by atoms with E-state index < -0.39 is 0 Å². The summed E-state index contributed by atoms with van der Waals surface area (Å²) in [6, 6.07) is 15.2. The number of fused-ring (bicyclic) bond motifs is 1. The van der Waals surface area contributed by atoms with Gasteiger partial charge in [-0.05, 0) is 37.1 Å². The van der Waals surface area contributed by atoms with Crippen LogP contribution in [0.4, 0.5) is 0 Å². The molecule has 3 aromatic rings. The molecule has 0 radical (unpaired) electrons. The first-order valence-corrected chi connectivity index (χ1v) is 8.26. The molecule has 0 unspecified atom stereocenters. The third kappa shape index (κ3) is 2.91. The number of phenolic OH excluding ortho intramolecular Hbond substituents is 1. The molecule has 2 aromatic carbocycles. The zero-order chi connectivity index (χ0) is 16.4. The van der Waals surface area contributed by atoms with Gasteiger partial charge in [-0.3, -0.25) is 0 Å². The molecular weight excluding hydrogens is 296 g/mol. The molecule has 0 amide bonds. The minimum Gasteiger partial charge on any atom is -0.507 e. The van der Waals surface area contributed by atoms with Crippen LogP contribution in [0.1, 0.15) is 29.8 Å². The first-order chi connectivity index (χ1) is 11.8. The maximum atomic E-state index is 9.75. The Hall–Kier alpha value is -2.99. The molecule has 1 aliphatic heterocycles. The van der Waals surface area contributed by atoms with Crippen LogP contribution < -0.4 is 0 Å². The highest BCUT2D eigenvalue weighted by Crippen LogP contribution is 2.23. The van der Waals surface area contributed by atoms with Crippen molar-refractivity contribution in [1.29, 1.82) is 0 Å². The number of phenols is 1. The van der Waals surface area contributed by atoms with Crippen LogP contribution in [0.5, 0.6) is 5.75 Å². The fraction of sp³-hybridized carbons (Fsp3) is 0.190. The number of rotatable bonds is 1. The van der Waals surface area contributed by atoms with Crippen molar-refractivity contribution in [3.05, 3.63) is 71.7 Å². The van der Waals surface area contributed by atoms with E-state index in [0.717, 1.165) is 29.8 Å². The summed E-state index contributed by atoms with van der Waals surface area (Å²) in [6.45, 7) is 1.08. The molecule has 0 spiro atoms. The maximum absolute atomic E-state index is 9.75. The lowest BCUT2D eigenvalue weighted by Crippen LogP contribution is -2.08. The average molecular weight is 314 g/mol. The van der Waals surface area contributed by atoms with Crippen LogP contribution in [-0.4, -0.2) is 14.7 Å². The summed E-state index contributed by atoms with van der Waals surface area (Å²) in [5, 5.41) is 9.75. The molecule has 1 aromatic heterocycles. The van der Waals surface area contributed by atoms with E-state index in [1.165, 1.54) is 18.7 Å². The molecule has 24 heavy (non-hydrogen) atoms. The Morgan fingerprint density at radius 2 is 1.79 bits per heavy atom. The van der Waals surface area contributed by atoms with Crippen LogP contribution in [0.15, 0.2) is 54.7 Å². The van der Waals surface area contributed by atoms with Gasteiger partial charge in [0.25, 0.3) is 0 Å². The largest absolute Gasteiger partial charge is 0.507 e. The van der Waals surface area contributed by atoms with E-state index in [2.05, 4.69) is 34.7 Å². The first kappa shape index (κ1) is 14.6. The van der Waals surface area contributed by atoms with Gasteiger partial charge >= 0.3 is 0 Å². The van der Waals surface area contributed by atoms with Crippen LogP contribution in [0.3, 0.4) is 0 Å². The number of aryl methyl sites for hydroxylation is 2. The molecule has 0 saturated heterocycles. The van der Waals surface area contributed by atoms with E-state index in [9.17, 15) is 5.11 Å². The van der Waals surface area contributed by atoms with Gasteiger partial charge < -0.3 is 9.67 Å². The molecule has 3 heteroatoms. The van der Waals surface area contributed by atoms with Crippen LogP contribution in [0.25, 0.3) is 11.3 Å². The van der Waals surface area contributed by atoms with E-state index in [-0.39, 0.29) is 5.75 Å². The van der Waals surface area contributed by atoms with Gasteiger partial charge in [0.1, 0.15) is 11.6 Å². The SMILES string of the molecule is Oc1ccccc1C#Cc1ccc(-c2cn3c(n2)CCCC3)cc1. The molecular formula is C21H18N2O. The zero-order valence-corrected chi connectivity index (χ0v) is 13.4. The first-order valence-electron chi connectivity index (χ1n) is 8.26. The van der Waals surface area contributed by atoms with E-state index in [1.807, 2.05) is 24.3 Å². The second-order valence-electron chi connectivity index (χ2n) is 6.04. The van der Waals surface area contributed by atoms with Crippen molar-refractivity contribution in [1.82, 2.24) is 9.55 Å². The minimum atomic E-state index is 0.213. The van der Waals surface area contributed by atoms with Crippen molar-refractivity contribution < 1.29 is 5.11 Å². The topological polar surface area (TPSA) is 38.0 Å². The number of hydrogen-bond donors (Lipinski definition) is 1. The number of aromatic hydroxyl groups is 1. The predicted molar refractivity (Wildman–Crippen MR) is 94.7 cm³/mol. The molecule has 0 bridgehead atoms. The van der Waals surface area contributed by atoms with Gasteiger partial charge in [-0.2, -0.15) is 0 Å². The molecule has 3 nitrogen and oxygen atoms in total. The molecule has 118 valence electrons. The second kappa shape index (κ2) is 6.25. The van der Waals surface area contributed by atoms with Crippen molar-refractivity contribution in [2.24, 2.45) is 0 Å². The van der Waals surface area contributed by atoms with E-state index in [0.29, 0.717) is 5.56 Å². The summed E-state index contributed by atoms with van der Waals surface area (Å²) in [7, 11) is 0. The van der Waals surface area contributed by atoms with Crippen LogP contribution >= 0.6 is 0 Å². The maximum Gasteiger partial charge on any atom is 0.131 e. The Bertz CT molecular complexity index is 903. The molecule has 0 saturated carbocycles. The number of para-hydroxylation sites is 1. The summed E-state index contributed by atoms with van der Waals surface area (Å²) < 4.78 is 2.27. The van der Waals surface area contributed by atoms with Crippen LogP contribution in [0, 0.1) is 11.8 Å². The monoisotopic (exact) mass is 314 g/mol. The summed E-state index contributed by atoms with van der Waals surface area (Å²) in [5.74, 6) is 7.51.